The summed E-state index contributed by atoms with van der Waals surface area (Å²) in [5, 5.41) is 3.14. The summed E-state index contributed by atoms with van der Waals surface area (Å²) in [5.41, 5.74) is 5.71. The van der Waals surface area contributed by atoms with Gasteiger partial charge in [-0.05, 0) is 31.9 Å². The van der Waals surface area contributed by atoms with E-state index in [4.69, 9.17) is 10.5 Å². The molecule has 2 bridgehead atoms. The third-order valence-electron chi connectivity index (χ3n) is 6.24. The number of hydrogen-bond donors (Lipinski definition) is 2. The number of carbonyl (C=O) groups is 1. The molecule has 5 rings (SSSR count). The van der Waals surface area contributed by atoms with Gasteiger partial charge in [-0.25, -0.2) is 9.97 Å². The topological polar surface area (TPSA) is 93.4 Å². The number of ether oxygens (including phenoxy) is 1. The molecule has 8 heteroatoms. The van der Waals surface area contributed by atoms with Crippen molar-refractivity contribution >= 4 is 28.9 Å². The van der Waals surface area contributed by atoms with E-state index in [9.17, 15) is 4.79 Å². The highest BCUT2D eigenvalue weighted by Crippen LogP contribution is 2.55. The fourth-order valence-corrected chi connectivity index (χ4v) is 5.81. The van der Waals surface area contributed by atoms with Crippen molar-refractivity contribution in [1.82, 2.24) is 15.3 Å². The van der Waals surface area contributed by atoms with Gasteiger partial charge in [-0.2, -0.15) is 0 Å². The van der Waals surface area contributed by atoms with Crippen LogP contribution in [0.2, 0.25) is 0 Å². The van der Waals surface area contributed by atoms with Gasteiger partial charge in [0.2, 0.25) is 0 Å². The summed E-state index contributed by atoms with van der Waals surface area (Å²) in [6.45, 7) is 4.39. The number of nitrogens with two attached hydrogens (primary N) is 1. The van der Waals surface area contributed by atoms with Gasteiger partial charge in [0.25, 0.3) is 5.91 Å². The van der Waals surface area contributed by atoms with Crippen LogP contribution in [0, 0.1) is 18.8 Å². The lowest BCUT2D eigenvalue weighted by Gasteiger charge is -2.29. The summed E-state index contributed by atoms with van der Waals surface area (Å²) in [6.07, 6.45) is 3.90. The maximum absolute atomic E-state index is 12.5. The van der Waals surface area contributed by atoms with Gasteiger partial charge in [0, 0.05) is 42.4 Å². The normalized spacial score (nSPS) is 31.3. The number of nitrogen functional groups attached to an aromatic ring is 1. The molecule has 1 amide bonds. The van der Waals surface area contributed by atoms with Crippen molar-refractivity contribution in [1.29, 1.82) is 0 Å². The van der Waals surface area contributed by atoms with Crippen molar-refractivity contribution in [3.05, 3.63) is 34.3 Å². The number of hydrogen-bond acceptors (Lipinski definition) is 7. The fourth-order valence-electron chi connectivity index (χ4n) is 5.03. The second-order valence-corrected chi connectivity index (χ2v) is 9.12. The van der Waals surface area contributed by atoms with Gasteiger partial charge >= 0.3 is 0 Å². The van der Waals surface area contributed by atoms with E-state index >= 15 is 0 Å². The van der Waals surface area contributed by atoms with E-state index in [1.165, 1.54) is 17.7 Å². The molecule has 3 aliphatic rings. The van der Waals surface area contributed by atoms with E-state index < -0.39 is 0 Å². The zero-order valence-corrected chi connectivity index (χ0v) is 16.0. The van der Waals surface area contributed by atoms with E-state index in [1.807, 2.05) is 25.1 Å². The molecule has 3 fully saturated rings. The van der Waals surface area contributed by atoms with E-state index in [1.54, 1.807) is 0 Å². The molecule has 0 saturated carbocycles. The summed E-state index contributed by atoms with van der Waals surface area (Å²) < 4.78 is 6.46. The number of aryl methyl sites for hydroxylation is 1. The summed E-state index contributed by atoms with van der Waals surface area (Å²) in [4.78, 5) is 25.0. The number of anilines is 2. The van der Waals surface area contributed by atoms with Crippen LogP contribution in [0.25, 0.3) is 0 Å². The number of aromatic nitrogens is 2. The first-order valence-corrected chi connectivity index (χ1v) is 10.2. The lowest BCUT2D eigenvalue weighted by atomic mass is 9.73. The third kappa shape index (κ3) is 2.78. The van der Waals surface area contributed by atoms with Gasteiger partial charge < -0.3 is 20.7 Å². The largest absolute Gasteiger partial charge is 0.384 e. The van der Waals surface area contributed by atoms with Crippen LogP contribution in [0.1, 0.15) is 27.4 Å². The average molecular weight is 385 g/mol. The molecular weight excluding hydrogens is 362 g/mol. The van der Waals surface area contributed by atoms with Gasteiger partial charge in [0.1, 0.15) is 18.0 Å². The number of carbonyl (C=O) groups excluding carboxylic acids is 1. The zero-order chi connectivity index (χ0) is 18.6. The van der Waals surface area contributed by atoms with E-state index in [2.05, 4.69) is 20.2 Å². The van der Waals surface area contributed by atoms with Crippen LogP contribution in [0.4, 0.5) is 11.6 Å². The summed E-state index contributed by atoms with van der Waals surface area (Å²) in [7, 11) is 0. The first kappa shape index (κ1) is 16.9. The molecule has 27 heavy (non-hydrogen) atoms. The van der Waals surface area contributed by atoms with E-state index in [0.717, 1.165) is 41.5 Å². The summed E-state index contributed by atoms with van der Waals surface area (Å²) in [6, 6.07) is 5.70. The molecule has 3 N–H and O–H groups in total. The van der Waals surface area contributed by atoms with Crippen molar-refractivity contribution in [2.24, 2.45) is 11.8 Å². The van der Waals surface area contributed by atoms with Crippen LogP contribution in [0.15, 0.2) is 24.5 Å². The van der Waals surface area contributed by atoms with Crippen molar-refractivity contribution in [2.75, 3.05) is 30.3 Å². The average Bonchev–Trinajstić information content (AvgIpc) is 3.39. The second kappa shape index (κ2) is 6.17. The quantitative estimate of drug-likeness (QED) is 0.834. The Labute approximate surface area is 161 Å². The van der Waals surface area contributed by atoms with Gasteiger partial charge in [-0.1, -0.05) is 0 Å². The van der Waals surface area contributed by atoms with Crippen LogP contribution >= 0.6 is 11.3 Å². The molecule has 2 aromatic heterocycles. The van der Waals surface area contributed by atoms with Gasteiger partial charge in [-0.3, -0.25) is 4.79 Å². The first-order chi connectivity index (χ1) is 13.0. The molecule has 3 saturated heterocycles. The standard InChI is InChI=1S/C19H23N5O2S/c1-11-2-3-15(27-11)18(25)21-7-12-13-8-24(17-6-16(20)22-10-23-17)9-19(13)5-4-14(12)26-19/h2-3,6,10,12-14H,4-5,7-9H2,1H3,(H,21,25)(H2,20,22,23)/t12-,13+,14+,19+/m0/s1. The molecule has 2 aromatic rings. The predicted molar refractivity (Wildman–Crippen MR) is 104 cm³/mol. The van der Waals surface area contributed by atoms with Crippen LogP contribution in [0.5, 0.6) is 0 Å². The molecule has 0 aliphatic carbocycles. The smallest absolute Gasteiger partial charge is 0.261 e. The van der Waals surface area contributed by atoms with E-state index in [0.29, 0.717) is 24.2 Å². The van der Waals surface area contributed by atoms with Crippen molar-refractivity contribution in [3.63, 3.8) is 0 Å². The van der Waals surface area contributed by atoms with Crippen molar-refractivity contribution < 1.29 is 9.53 Å². The lowest BCUT2D eigenvalue weighted by molar-refractivity contribution is 0.0141. The van der Waals surface area contributed by atoms with Gasteiger partial charge in [0.15, 0.2) is 0 Å². The molecule has 0 radical (unpaired) electrons. The van der Waals surface area contributed by atoms with Crippen LogP contribution in [-0.2, 0) is 4.74 Å². The highest BCUT2D eigenvalue weighted by Gasteiger charge is 2.63. The number of amides is 1. The molecule has 4 atom stereocenters. The number of nitrogens with one attached hydrogen (secondary N) is 1. The minimum Gasteiger partial charge on any atom is -0.384 e. The Morgan fingerprint density at radius 3 is 3.15 bits per heavy atom. The Morgan fingerprint density at radius 1 is 1.48 bits per heavy atom. The minimum absolute atomic E-state index is 0.0170. The minimum atomic E-state index is -0.112. The first-order valence-electron chi connectivity index (χ1n) is 9.39. The molecule has 7 nitrogen and oxygen atoms in total. The molecular formula is C19H23N5O2S. The zero-order valence-electron chi connectivity index (χ0n) is 15.2. The highest BCUT2D eigenvalue weighted by molar-refractivity contribution is 7.13. The number of rotatable bonds is 4. The molecule has 3 aliphatic heterocycles. The second-order valence-electron chi connectivity index (χ2n) is 7.83. The number of thiophene rings is 1. The Balaban J connectivity index is 1.30. The van der Waals surface area contributed by atoms with Crippen molar-refractivity contribution in [3.8, 4) is 0 Å². The molecule has 1 spiro atoms. The lowest BCUT2D eigenvalue weighted by Crippen LogP contribution is -2.41. The van der Waals surface area contributed by atoms with Crippen LogP contribution in [-0.4, -0.2) is 47.2 Å². The van der Waals surface area contributed by atoms with Crippen LogP contribution in [0.3, 0.4) is 0 Å². The summed E-state index contributed by atoms with van der Waals surface area (Å²) >= 11 is 1.53. The monoisotopic (exact) mass is 385 g/mol. The maximum atomic E-state index is 12.5. The Morgan fingerprint density at radius 2 is 2.37 bits per heavy atom. The number of fused-ring (bicyclic) bond motifs is 1. The predicted octanol–water partition coefficient (Wildman–Crippen LogP) is 1.84. The maximum Gasteiger partial charge on any atom is 0.261 e. The Hall–Kier alpha value is -2.19. The van der Waals surface area contributed by atoms with Crippen molar-refractivity contribution in [2.45, 2.75) is 31.5 Å². The Bertz CT molecular complexity index is 886. The van der Waals surface area contributed by atoms with Gasteiger partial charge in [-0.15, -0.1) is 11.3 Å². The number of nitrogens with zero attached hydrogens (tertiary/aromatic N) is 3. The van der Waals surface area contributed by atoms with E-state index in [-0.39, 0.29) is 17.6 Å². The fraction of sp³-hybridized carbons (Fsp3) is 0.526. The molecule has 5 heterocycles. The summed E-state index contributed by atoms with van der Waals surface area (Å²) in [5.74, 6) is 2.10. The molecule has 0 unspecified atom stereocenters. The molecule has 0 aromatic carbocycles. The highest BCUT2D eigenvalue weighted by atomic mass is 32.1. The van der Waals surface area contributed by atoms with Gasteiger partial charge in [0.05, 0.1) is 16.6 Å². The SMILES string of the molecule is Cc1ccc(C(=O)NC[C@H]2[C@H]3CN(c4cc(N)ncn4)C[C@]34CC[C@H]2O4)s1. The van der Waals surface area contributed by atoms with Crippen LogP contribution < -0.4 is 16.0 Å². The third-order valence-corrected chi connectivity index (χ3v) is 7.24. The molecule has 142 valence electrons. The Kier molecular flexibility index (Phi) is 3.87.